The standard InChI is InChI=1S/C13H14F2N2O3/c14-9-4-1-5-10(11(9)15)16-13(20)17-6-2-3-8(7-17)12(18)19/h1,4-5,8H,2-3,6-7H2,(H,16,20)(H,18,19)/t8-/m1/s1. The topological polar surface area (TPSA) is 69.6 Å². The smallest absolute Gasteiger partial charge is 0.321 e. The van der Waals surface area contributed by atoms with Crippen LogP contribution in [0.5, 0.6) is 0 Å². The first-order valence-electron chi connectivity index (χ1n) is 6.22. The molecule has 0 saturated carbocycles. The van der Waals surface area contributed by atoms with Gasteiger partial charge in [0.1, 0.15) is 0 Å². The molecule has 7 heteroatoms. The zero-order valence-corrected chi connectivity index (χ0v) is 10.6. The molecule has 0 aromatic heterocycles. The van der Waals surface area contributed by atoms with Crippen molar-refractivity contribution in [3.63, 3.8) is 0 Å². The van der Waals surface area contributed by atoms with Crippen LogP contribution in [0.3, 0.4) is 0 Å². The predicted molar refractivity (Wildman–Crippen MR) is 67.3 cm³/mol. The van der Waals surface area contributed by atoms with Crippen molar-refractivity contribution in [3.8, 4) is 0 Å². The summed E-state index contributed by atoms with van der Waals surface area (Å²) in [7, 11) is 0. The van der Waals surface area contributed by atoms with E-state index in [0.717, 1.165) is 6.07 Å². The van der Waals surface area contributed by atoms with E-state index in [0.29, 0.717) is 19.4 Å². The van der Waals surface area contributed by atoms with Crippen molar-refractivity contribution in [2.45, 2.75) is 12.8 Å². The highest BCUT2D eigenvalue weighted by atomic mass is 19.2. The number of carboxylic acid groups (broad SMARTS) is 1. The molecule has 0 aliphatic carbocycles. The van der Waals surface area contributed by atoms with Gasteiger partial charge in [0, 0.05) is 13.1 Å². The second kappa shape index (κ2) is 5.85. The van der Waals surface area contributed by atoms with E-state index in [9.17, 15) is 18.4 Å². The molecule has 108 valence electrons. The minimum atomic E-state index is -1.13. The Labute approximate surface area is 114 Å². The first-order valence-corrected chi connectivity index (χ1v) is 6.22. The predicted octanol–water partition coefficient (Wildman–Crippen LogP) is 2.29. The number of carboxylic acids is 1. The highest BCUT2D eigenvalue weighted by Gasteiger charge is 2.28. The SMILES string of the molecule is O=C(O)[C@@H]1CCCN(C(=O)Nc2cccc(F)c2F)C1. The Balaban J connectivity index is 2.04. The summed E-state index contributed by atoms with van der Waals surface area (Å²) in [5, 5.41) is 11.2. The Morgan fingerprint density at radius 1 is 1.35 bits per heavy atom. The first-order chi connectivity index (χ1) is 9.49. The number of amides is 2. The number of anilines is 1. The molecule has 1 aromatic rings. The average molecular weight is 284 g/mol. The molecule has 2 rings (SSSR count). The lowest BCUT2D eigenvalue weighted by atomic mass is 9.99. The molecular formula is C13H14F2N2O3. The normalized spacial score (nSPS) is 18.7. The number of urea groups is 1. The molecular weight excluding hydrogens is 270 g/mol. The van der Waals surface area contributed by atoms with Crippen molar-refractivity contribution in [1.29, 1.82) is 0 Å². The number of benzene rings is 1. The highest BCUT2D eigenvalue weighted by molar-refractivity contribution is 5.89. The Morgan fingerprint density at radius 3 is 2.80 bits per heavy atom. The van der Waals surface area contributed by atoms with Crippen molar-refractivity contribution in [1.82, 2.24) is 4.90 Å². The molecule has 20 heavy (non-hydrogen) atoms. The van der Waals surface area contributed by atoms with E-state index in [1.54, 1.807) is 0 Å². The zero-order valence-electron chi connectivity index (χ0n) is 10.6. The van der Waals surface area contributed by atoms with Crippen LogP contribution in [0.25, 0.3) is 0 Å². The van der Waals surface area contributed by atoms with Crippen LogP contribution >= 0.6 is 0 Å². The van der Waals surface area contributed by atoms with Crippen molar-refractivity contribution in [3.05, 3.63) is 29.8 Å². The fourth-order valence-electron chi connectivity index (χ4n) is 2.16. The molecule has 0 spiro atoms. The Hall–Kier alpha value is -2.18. The number of nitrogens with one attached hydrogen (secondary N) is 1. The lowest BCUT2D eigenvalue weighted by Gasteiger charge is -2.30. The Bertz CT molecular complexity index is 536. The third-order valence-corrected chi connectivity index (χ3v) is 3.25. The van der Waals surface area contributed by atoms with Gasteiger partial charge >= 0.3 is 12.0 Å². The summed E-state index contributed by atoms with van der Waals surface area (Å²) in [6, 6.07) is 2.85. The largest absolute Gasteiger partial charge is 0.481 e. The number of piperidine rings is 1. The number of halogens is 2. The number of hydrogen-bond acceptors (Lipinski definition) is 2. The molecule has 0 bridgehead atoms. The number of nitrogens with zero attached hydrogens (tertiary/aromatic N) is 1. The van der Waals surface area contributed by atoms with Crippen LogP contribution in [-0.2, 0) is 4.79 Å². The maximum Gasteiger partial charge on any atom is 0.321 e. The van der Waals surface area contributed by atoms with Crippen molar-refractivity contribution < 1.29 is 23.5 Å². The third-order valence-electron chi connectivity index (χ3n) is 3.25. The maximum atomic E-state index is 13.4. The molecule has 1 aliphatic rings. The minimum absolute atomic E-state index is 0.0676. The van der Waals surface area contributed by atoms with Crippen LogP contribution in [0.1, 0.15) is 12.8 Å². The van der Waals surface area contributed by atoms with Gasteiger partial charge in [0.2, 0.25) is 0 Å². The van der Waals surface area contributed by atoms with E-state index in [1.165, 1.54) is 17.0 Å². The average Bonchev–Trinajstić information content (AvgIpc) is 2.44. The minimum Gasteiger partial charge on any atom is -0.481 e. The quantitative estimate of drug-likeness (QED) is 0.875. The maximum absolute atomic E-state index is 13.4. The van der Waals surface area contributed by atoms with E-state index in [-0.39, 0.29) is 12.2 Å². The molecule has 0 unspecified atom stereocenters. The van der Waals surface area contributed by atoms with Gasteiger partial charge in [-0.2, -0.15) is 0 Å². The van der Waals surface area contributed by atoms with Gasteiger partial charge in [-0.25, -0.2) is 13.6 Å². The molecule has 1 aliphatic heterocycles. The number of carbonyl (C=O) groups is 2. The van der Waals surface area contributed by atoms with Crippen molar-refractivity contribution >= 4 is 17.7 Å². The van der Waals surface area contributed by atoms with Crippen LogP contribution in [-0.4, -0.2) is 35.1 Å². The third kappa shape index (κ3) is 3.04. The summed E-state index contributed by atoms with van der Waals surface area (Å²) in [5.74, 6) is -3.76. The lowest BCUT2D eigenvalue weighted by Crippen LogP contribution is -2.44. The molecule has 1 aromatic carbocycles. The Morgan fingerprint density at radius 2 is 2.10 bits per heavy atom. The summed E-state index contributed by atoms with van der Waals surface area (Å²) < 4.78 is 26.5. The van der Waals surface area contributed by atoms with Crippen molar-refractivity contribution in [2.75, 3.05) is 18.4 Å². The van der Waals surface area contributed by atoms with Crippen LogP contribution in [0.2, 0.25) is 0 Å². The van der Waals surface area contributed by atoms with E-state index in [4.69, 9.17) is 5.11 Å². The number of likely N-dealkylation sites (tertiary alicyclic amines) is 1. The summed E-state index contributed by atoms with van der Waals surface area (Å²) in [4.78, 5) is 24.1. The van der Waals surface area contributed by atoms with E-state index < -0.39 is 29.6 Å². The van der Waals surface area contributed by atoms with E-state index in [2.05, 4.69) is 5.32 Å². The van der Waals surface area contributed by atoms with E-state index in [1.807, 2.05) is 0 Å². The summed E-state index contributed by atoms with van der Waals surface area (Å²) in [5.41, 5.74) is -0.257. The number of carbonyl (C=O) groups excluding carboxylic acids is 1. The van der Waals surface area contributed by atoms with Gasteiger partial charge in [-0.05, 0) is 25.0 Å². The number of aliphatic carboxylic acids is 1. The van der Waals surface area contributed by atoms with Gasteiger partial charge in [-0.3, -0.25) is 4.79 Å². The summed E-state index contributed by atoms with van der Waals surface area (Å²) >= 11 is 0. The molecule has 1 heterocycles. The molecule has 1 fully saturated rings. The molecule has 1 saturated heterocycles. The van der Waals surface area contributed by atoms with E-state index >= 15 is 0 Å². The van der Waals surface area contributed by atoms with Crippen LogP contribution < -0.4 is 5.32 Å². The van der Waals surface area contributed by atoms with Crippen LogP contribution in [0.4, 0.5) is 19.3 Å². The second-order valence-corrected chi connectivity index (χ2v) is 4.65. The van der Waals surface area contributed by atoms with Crippen LogP contribution in [0.15, 0.2) is 18.2 Å². The molecule has 5 nitrogen and oxygen atoms in total. The van der Waals surface area contributed by atoms with Crippen LogP contribution in [0, 0.1) is 17.6 Å². The zero-order chi connectivity index (χ0) is 14.7. The van der Waals surface area contributed by atoms with Gasteiger partial charge in [0.15, 0.2) is 11.6 Å². The van der Waals surface area contributed by atoms with Gasteiger partial charge in [-0.1, -0.05) is 6.07 Å². The van der Waals surface area contributed by atoms with Gasteiger partial charge in [-0.15, -0.1) is 0 Å². The molecule has 2 amide bonds. The first kappa shape index (κ1) is 14.2. The molecule has 0 radical (unpaired) electrons. The molecule has 1 atom stereocenters. The Kier molecular flexibility index (Phi) is 4.16. The second-order valence-electron chi connectivity index (χ2n) is 4.65. The fraction of sp³-hybridized carbons (Fsp3) is 0.385. The molecule has 2 N–H and O–H groups in total. The summed E-state index contributed by atoms with van der Waals surface area (Å²) in [6.45, 7) is 0.463. The summed E-state index contributed by atoms with van der Waals surface area (Å²) in [6.07, 6.45) is 1.07. The van der Waals surface area contributed by atoms with Gasteiger partial charge in [0.05, 0.1) is 11.6 Å². The fourth-order valence-corrected chi connectivity index (χ4v) is 2.16. The van der Waals surface area contributed by atoms with Crippen molar-refractivity contribution in [2.24, 2.45) is 5.92 Å². The lowest BCUT2D eigenvalue weighted by molar-refractivity contribution is -0.143. The number of hydrogen-bond donors (Lipinski definition) is 2. The van der Waals surface area contributed by atoms with Gasteiger partial charge in [0.25, 0.3) is 0 Å². The highest BCUT2D eigenvalue weighted by Crippen LogP contribution is 2.20. The number of rotatable bonds is 2. The monoisotopic (exact) mass is 284 g/mol. The van der Waals surface area contributed by atoms with Gasteiger partial charge < -0.3 is 15.3 Å².